The van der Waals surface area contributed by atoms with Crippen LogP contribution in [0.3, 0.4) is 0 Å². The second kappa shape index (κ2) is 13.3. The van der Waals surface area contributed by atoms with Gasteiger partial charge in [0.25, 0.3) is 5.91 Å². The molecule has 0 unspecified atom stereocenters. The van der Waals surface area contributed by atoms with Crippen molar-refractivity contribution in [1.82, 2.24) is 25.4 Å². The number of hydrogen-bond donors (Lipinski definition) is 2. The Balaban J connectivity index is 0.00000385. The summed E-state index contributed by atoms with van der Waals surface area (Å²) in [5.74, 6) is 1.80. The Labute approximate surface area is 214 Å². The summed E-state index contributed by atoms with van der Waals surface area (Å²) in [6, 6.07) is 12.0. The molecule has 1 fully saturated rings. The third-order valence-corrected chi connectivity index (χ3v) is 5.61. The molecular formula is C24H36IN7O. The average molecular weight is 566 g/mol. The predicted molar refractivity (Wildman–Crippen MR) is 146 cm³/mol. The normalized spacial score (nSPS) is 14.4. The molecule has 0 atom stereocenters. The smallest absolute Gasteiger partial charge is 0.253 e. The minimum absolute atomic E-state index is 0. The number of likely N-dealkylation sites (N-methyl/N-ethyl adjacent to an activating group) is 1. The second-order valence-electron chi connectivity index (χ2n) is 8.32. The maximum absolute atomic E-state index is 12.1. The highest BCUT2D eigenvalue weighted by molar-refractivity contribution is 14.0. The molecule has 0 bridgehead atoms. The summed E-state index contributed by atoms with van der Waals surface area (Å²) in [4.78, 5) is 27.4. The van der Waals surface area contributed by atoms with Gasteiger partial charge in [-0.25, -0.2) is 4.98 Å². The Bertz CT molecular complexity index is 909. The fourth-order valence-corrected chi connectivity index (χ4v) is 3.59. The number of hydrogen-bond acceptors (Lipinski definition) is 5. The van der Waals surface area contributed by atoms with Crippen LogP contribution in [0.4, 0.5) is 5.82 Å². The lowest BCUT2D eigenvalue weighted by molar-refractivity contribution is 0.0827. The minimum Gasteiger partial charge on any atom is -0.356 e. The average Bonchev–Trinajstić information content (AvgIpc) is 2.82. The van der Waals surface area contributed by atoms with Crippen LogP contribution in [-0.4, -0.2) is 87.6 Å². The van der Waals surface area contributed by atoms with E-state index in [1.807, 2.05) is 30.5 Å². The zero-order valence-electron chi connectivity index (χ0n) is 20.0. The number of aliphatic imine (C=N–C) groups is 1. The van der Waals surface area contributed by atoms with Gasteiger partial charge < -0.3 is 25.3 Å². The van der Waals surface area contributed by atoms with Gasteiger partial charge in [0.15, 0.2) is 5.96 Å². The number of aromatic nitrogens is 1. The Hall–Kier alpha value is -2.40. The molecule has 0 radical (unpaired) electrons. The molecule has 2 N–H and O–H groups in total. The maximum atomic E-state index is 12.1. The molecule has 1 aliphatic rings. The summed E-state index contributed by atoms with van der Waals surface area (Å²) in [7, 11) is 7.45. The first-order valence-corrected chi connectivity index (χ1v) is 11.1. The fraction of sp³-hybridized carbons (Fsp3) is 0.458. The summed E-state index contributed by atoms with van der Waals surface area (Å²) < 4.78 is 0. The number of anilines is 1. The van der Waals surface area contributed by atoms with Crippen LogP contribution in [0, 0.1) is 0 Å². The Morgan fingerprint density at radius 2 is 1.85 bits per heavy atom. The van der Waals surface area contributed by atoms with Crippen LogP contribution in [-0.2, 0) is 13.0 Å². The van der Waals surface area contributed by atoms with Crippen LogP contribution in [0.25, 0.3) is 0 Å². The molecule has 1 aliphatic heterocycles. The lowest BCUT2D eigenvalue weighted by atomic mass is 10.1. The second-order valence-corrected chi connectivity index (χ2v) is 8.32. The van der Waals surface area contributed by atoms with Crippen LogP contribution in [0.2, 0.25) is 0 Å². The lowest BCUT2D eigenvalue weighted by Crippen LogP contribution is -2.44. The van der Waals surface area contributed by atoms with Gasteiger partial charge in [0, 0.05) is 72.2 Å². The Kier molecular flexibility index (Phi) is 10.9. The number of benzene rings is 1. The first-order chi connectivity index (χ1) is 15.5. The van der Waals surface area contributed by atoms with E-state index in [2.05, 4.69) is 49.6 Å². The molecule has 2 heterocycles. The number of pyridine rings is 1. The number of piperazine rings is 1. The first kappa shape index (κ1) is 26.8. The molecule has 1 aromatic carbocycles. The molecule has 1 aromatic heterocycles. The monoisotopic (exact) mass is 565 g/mol. The first-order valence-electron chi connectivity index (χ1n) is 11.1. The van der Waals surface area contributed by atoms with Gasteiger partial charge in [-0.2, -0.15) is 0 Å². The van der Waals surface area contributed by atoms with Gasteiger partial charge in [-0.15, -0.1) is 24.0 Å². The maximum Gasteiger partial charge on any atom is 0.253 e. The largest absolute Gasteiger partial charge is 0.356 e. The van der Waals surface area contributed by atoms with Crippen molar-refractivity contribution < 1.29 is 4.79 Å². The highest BCUT2D eigenvalue weighted by Crippen LogP contribution is 2.13. The Morgan fingerprint density at radius 1 is 1.09 bits per heavy atom. The van der Waals surface area contributed by atoms with Crippen molar-refractivity contribution >= 4 is 41.7 Å². The van der Waals surface area contributed by atoms with E-state index in [-0.39, 0.29) is 29.9 Å². The van der Waals surface area contributed by atoms with Gasteiger partial charge in [0.2, 0.25) is 0 Å². The van der Waals surface area contributed by atoms with Gasteiger partial charge in [-0.05, 0) is 42.8 Å². The van der Waals surface area contributed by atoms with Crippen molar-refractivity contribution in [1.29, 1.82) is 0 Å². The minimum atomic E-state index is 0. The topological polar surface area (TPSA) is 76.1 Å². The summed E-state index contributed by atoms with van der Waals surface area (Å²) in [5, 5.41) is 6.68. The van der Waals surface area contributed by atoms with Crippen molar-refractivity contribution in [2.24, 2.45) is 4.99 Å². The SMILES string of the molecule is CN=C(NCCc1cccc(C(=O)N(C)C)c1)NCc1ccc(N2CCN(C)CC2)nc1.I. The molecule has 2 aromatic rings. The molecule has 0 saturated carbocycles. The molecule has 8 nitrogen and oxygen atoms in total. The number of rotatable bonds is 7. The van der Waals surface area contributed by atoms with Crippen molar-refractivity contribution in [3.63, 3.8) is 0 Å². The zero-order valence-corrected chi connectivity index (χ0v) is 22.4. The van der Waals surface area contributed by atoms with Gasteiger partial charge in [0.1, 0.15) is 5.82 Å². The standard InChI is InChI=1S/C24H35N7O.HI/c1-25-24(26-11-10-19-6-5-7-21(16-19)23(32)29(2)3)28-18-20-8-9-22(27-17-20)31-14-12-30(4)13-15-31;/h5-9,16-17H,10-15,18H2,1-4H3,(H2,25,26,28);1H. The third-order valence-electron chi connectivity index (χ3n) is 5.61. The van der Waals surface area contributed by atoms with E-state index < -0.39 is 0 Å². The number of nitrogens with one attached hydrogen (secondary N) is 2. The van der Waals surface area contributed by atoms with Gasteiger partial charge in [-0.3, -0.25) is 9.79 Å². The molecule has 3 rings (SSSR count). The molecular weight excluding hydrogens is 529 g/mol. The number of halogens is 1. The number of guanidine groups is 1. The predicted octanol–water partition coefficient (Wildman–Crippen LogP) is 2.06. The highest BCUT2D eigenvalue weighted by atomic mass is 127. The van der Waals surface area contributed by atoms with E-state index >= 15 is 0 Å². The molecule has 9 heteroatoms. The summed E-state index contributed by atoms with van der Waals surface area (Å²) >= 11 is 0. The number of carbonyl (C=O) groups excluding carboxylic acids is 1. The fourth-order valence-electron chi connectivity index (χ4n) is 3.59. The van der Waals surface area contributed by atoms with Gasteiger partial charge in [-0.1, -0.05) is 18.2 Å². The van der Waals surface area contributed by atoms with E-state index in [4.69, 9.17) is 0 Å². The Morgan fingerprint density at radius 3 is 2.48 bits per heavy atom. The van der Waals surface area contributed by atoms with Crippen LogP contribution < -0.4 is 15.5 Å². The van der Waals surface area contributed by atoms with Crippen LogP contribution in [0.15, 0.2) is 47.6 Å². The molecule has 0 spiro atoms. The van der Waals surface area contributed by atoms with Crippen LogP contribution in [0.1, 0.15) is 21.5 Å². The highest BCUT2D eigenvalue weighted by Gasteiger charge is 2.15. The number of nitrogens with zero attached hydrogens (tertiary/aromatic N) is 5. The zero-order chi connectivity index (χ0) is 22.9. The van der Waals surface area contributed by atoms with Gasteiger partial charge in [0.05, 0.1) is 0 Å². The van der Waals surface area contributed by atoms with Gasteiger partial charge >= 0.3 is 0 Å². The molecule has 1 amide bonds. The summed E-state index contributed by atoms with van der Waals surface area (Å²) in [6.07, 6.45) is 2.73. The molecule has 33 heavy (non-hydrogen) atoms. The number of amides is 1. The summed E-state index contributed by atoms with van der Waals surface area (Å²) in [5.41, 5.74) is 2.94. The molecule has 0 aliphatic carbocycles. The lowest BCUT2D eigenvalue weighted by Gasteiger charge is -2.33. The van der Waals surface area contributed by atoms with Crippen LogP contribution in [0.5, 0.6) is 0 Å². The van der Waals surface area contributed by atoms with E-state index in [1.165, 1.54) is 0 Å². The van der Waals surface area contributed by atoms with Crippen LogP contribution >= 0.6 is 24.0 Å². The van der Waals surface area contributed by atoms with Crippen molar-refractivity contribution in [2.45, 2.75) is 13.0 Å². The third kappa shape index (κ3) is 8.15. The van der Waals surface area contributed by atoms with E-state index in [0.717, 1.165) is 62.0 Å². The number of carbonyl (C=O) groups is 1. The summed E-state index contributed by atoms with van der Waals surface area (Å²) in [6.45, 7) is 5.56. The molecule has 1 saturated heterocycles. The van der Waals surface area contributed by atoms with Crippen molar-refractivity contribution in [3.8, 4) is 0 Å². The van der Waals surface area contributed by atoms with Crippen molar-refractivity contribution in [2.75, 3.05) is 65.8 Å². The van der Waals surface area contributed by atoms with Crippen molar-refractivity contribution in [3.05, 3.63) is 59.3 Å². The van der Waals surface area contributed by atoms with E-state index in [1.54, 1.807) is 26.0 Å². The molecule has 180 valence electrons. The van der Waals surface area contributed by atoms with E-state index in [9.17, 15) is 4.79 Å². The van der Waals surface area contributed by atoms with E-state index in [0.29, 0.717) is 12.1 Å². The quantitative estimate of drug-likeness (QED) is 0.304.